The van der Waals surface area contributed by atoms with E-state index < -0.39 is 0 Å². The van der Waals surface area contributed by atoms with Crippen molar-refractivity contribution < 1.29 is 0 Å². The number of nitrogens with one attached hydrogen (secondary N) is 1. The van der Waals surface area contributed by atoms with E-state index in [1.807, 2.05) is 0 Å². The first-order valence-electron chi connectivity index (χ1n) is 5.71. The lowest BCUT2D eigenvalue weighted by Gasteiger charge is -2.12. The number of nitrogens with zero attached hydrogens (tertiary/aromatic N) is 1. The highest BCUT2D eigenvalue weighted by molar-refractivity contribution is 5.21. The molecule has 0 spiro atoms. The monoisotopic (exact) mass is 204 g/mol. The van der Waals surface area contributed by atoms with Crippen LogP contribution in [-0.2, 0) is 6.54 Å². The van der Waals surface area contributed by atoms with Crippen LogP contribution >= 0.6 is 0 Å². The molecule has 0 aliphatic carbocycles. The van der Waals surface area contributed by atoms with Gasteiger partial charge in [-0.1, -0.05) is 29.8 Å². The van der Waals surface area contributed by atoms with Gasteiger partial charge in [-0.05, 0) is 32.5 Å². The summed E-state index contributed by atoms with van der Waals surface area (Å²) < 4.78 is 0. The summed E-state index contributed by atoms with van der Waals surface area (Å²) in [5.41, 5.74) is 2.72. The first-order chi connectivity index (χ1) is 7.24. The topological polar surface area (TPSA) is 15.3 Å². The maximum Gasteiger partial charge on any atom is 0.0210 e. The SMILES string of the molecule is Cc1ccc(CNC2CCN(C)C2)cc1. The predicted octanol–water partition coefficient (Wildman–Crippen LogP) is 1.79. The predicted molar refractivity (Wildman–Crippen MR) is 63.9 cm³/mol. The highest BCUT2D eigenvalue weighted by Crippen LogP contribution is 2.08. The highest BCUT2D eigenvalue weighted by atomic mass is 15.2. The van der Waals surface area contributed by atoms with Crippen molar-refractivity contribution in [3.8, 4) is 0 Å². The fourth-order valence-corrected chi connectivity index (χ4v) is 2.07. The largest absolute Gasteiger partial charge is 0.309 e. The van der Waals surface area contributed by atoms with Crippen LogP contribution < -0.4 is 5.32 Å². The lowest BCUT2D eigenvalue weighted by molar-refractivity contribution is 0.397. The van der Waals surface area contributed by atoms with Crippen LogP contribution in [0.4, 0.5) is 0 Å². The molecule has 1 heterocycles. The summed E-state index contributed by atoms with van der Waals surface area (Å²) in [6.45, 7) is 5.54. The molecule has 15 heavy (non-hydrogen) atoms. The van der Waals surface area contributed by atoms with Crippen LogP contribution in [0.3, 0.4) is 0 Å². The average Bonchev–Trinajstić information content (AvgIpc) is 2.64. The third kappa shape index (κ3) is 3.05. The zero-order chi connectivity index (χ0) is 10.7. The van der Waals surface area contributed by atoms with E-state index in [1.165, 1.54) is 30.6 Å². The van der Waals surface area contributed by atoms with Gasteiger partial charge in [0.2, 0.25) is 0 Å². The summed E-state index contributed by atoms with van der Waals surface area (Å²) in [6.07, 6.45) is 1.28. The molecule has 0 amide bonds. The van der Waals surface area contributed by atoms with Crippen LogP contribution in [0.1, 0.15) is 17.5 Å². The summed E-state index contributed by atoms with van der Waals surface area (Å²) in [5, 5.41) is 3.61. The molecule has 0 bridgehead atoms. The van der Waals surface area contributed by atoms with Gasteiger partial charge in [0.05, 0.1) is 0 Å². The van der Waals surface area contributed by atoms with E-state index in [0.29, 0.717) is 6.04 Å². The Morgan fingerprint density at radius 2 is 2.07 bits per heavy atom. The molecule has 1 N–H and O–H groups in total. The standard InChI is InChI=1S/C13H20N2/c1-11-3-5-12(6-4-11)9-14-13-7-8-15(2)10-13/h3-6,13-14H,7-10H2,1-2H3. The van der Waals surface area contributed by atoms with E-state index in [1.54, 1.807) is 0 Å². The van der Waals surface area contributed by atoms with Gasteiger partial charge in [0.25, 0.3) is 0 Å². The number of hydrogen-bond acceptors (Lipinski definition) is 2. The Morgan fingerprint density at radius 1 is 1.33 bits per heavy atom. The van der Waals surface area contributed by atoms with Crippen molar-refractivity contribution in [2.24, 2.45) is 0 Å². The van der Waals surface area contributed by atoms with Gasteiger partial charge in [-0.25, -0.2) is 0 Å². The van der Waals surface area contributed by atoms with Gasteiger partial charge < -0.3 is 10.2 Å². The quantitative estimate of drug-likeness (QED) is 0.807. The Morgan fingerprint density at radius 3 is 2.67 bits per heavy atom. The van der Waals surface area contributed by atoms with Crippen molar-refractivity contribution in [3.63, 3.8) is 0 Å². The van der Waals surface area contributed by atoms with Gasteiger partial charge in [0, 0.05) is 19.1 Å². The Kier molecular flexibility index (Phi) is 3.39. The molecule has 2 heteroatoms. The second-order valence-electron chi connectivity index (χ2n) is 4.61. The highest BCUT2D eigenvalue weighted by Gasteiger charge is 2.18. The molecule has 1 aliphatic rings. The summed E-state index contributed by atoms with van der Waals surface area (Å²) >= 11 is 0. The smallest absolute Gasteiger partial charge is 0.0210 e. The number of aryl methyl sites for hydroxylation is 1. The third-order valence-corrected chi connectivity index (χ3v) is 3.11. The van der Waals surface area contributed by atoms with E-state index in [4.69, 9.17) is 0 Å². The van der Waals surface area contributed by atoms with Crippen molar-refractivity contribution in [2.45, 2.75) is 25.9 Å². The normalized spacial score (nSPS) is 22.1. The maximum absolute atomic E-state index is 3.61. The van der Waals surface area contributed by atoms with Crippen LogP contribution in [-0.4, -0.2) is 31.1 Å². The first-order valence-corrected chi connectivity index (χ1v) is 5.71. The minimum atomic E-state index is 0.677. The summed E-state index contributed by atoms with van der Waals surface area (Å²) in [4.78, 5) is 2.38. The number of rotatable bonds is 3. The summed E-state index contributed by atoms with van der Waals surface area (Å²) in [5.74, 6) is 0. The Hall–Kier alpha value is -0.860. The molecular formula is C13H20N2. The Balaban J connectivity index is 1.80. The van der Waals surface area contributed by atoms with Gasteiger partial charge in [0.1, 0.15) is 0 Å². The van der Waals surface area contributed by atoms with Gasteiger partial charge >= 0.3 is 0 Å². The minimum Gasteiger partial charge on any atom is -0.309 e. The van der Waals surface area contributed by atoms with E-state index in [9.17, 15) is 0 Å². The molecule has 0 radical (unpaired) electrons. The van der Waals surface area contributed by atoms with Crippen molar-refractivity contribution in [2.75, 3.05) is 20.1 Å². The maximum atomic E-state index is 3.61. The molecule has 0 saturated carbocycles. The second kappa shape index (κ2) is 4.77. The zero-order valence-electron chi connectivity index (χ0n) is 9.66. The molecule has 1 saturated heterocycles. The fourth-order valence-electron chi connectivity index (χ4n) is 2.07. The third-order valence-electron chi connectivity index (χ3n) is 3.11. The number of likely N-dealkylation sites (tertiary alicyclic amines) is 1. The van der Waals surface area contributed by atoms with Gasteiger partial charge in [-0.15, -0.1) is 0 Å². The molecule has 1 unspecified atom stereocenters. The lowest BCUT2D eigenvalue weighted by atomic mass is 10.1. The van der Waals surface area contributed by atoms with Gasteiger partial charge in [0.15, 0.2) is 0 Å². The van der Waals surface area contributed by atoms with Crippen LogP contribution in [0, 0.1) is 6.92 Å². The first kappa shape index (κ1) is 10.7. The fraction of sp³-hybridized carbons (Fsp3) is 0.538. The van der Waals surface area contributed by atoms with Crippen LogP contribution in [0.2, 0.25) is 0 Å². The molecule has 1 aromatic carbocycles. The molecule has 1 atom stereocenters. The number of benzene rings is 1. The molecule has 1 aliphatic heterocycles. The number of hydrogen-bond donors (Lipinski definition) is 1. The van der Waals surface area contributed by atoms with Crippen LogP contribution in [0.15, 0.2) is 24.3 Å². The minimum absolute atomic E-state index is 0.677. The van der Waals surface area contributed by atoms with Crippen LogP contribution in [0.25, 0.3) is 0 Å². The van der Waals surface area contributed by atoms with Crippen molar-refractivity contribution >= 4 is 0 Å². The molecule has 82 valence electrons. The molecular weight excluding hydrogens is 184 g/mol. The summed E-state index contributed by atoms with van der Waals surface area (Å²) in [7, 11) is 2.19. The van der Waals surface area contributed by atoms with Crippen molar-refractivity contribution in [3.05, 3.63) is 35.4 Å². The molecule has 1 aromatic rings. The lowest BCUT2D eigenvalue weighted by Crippen LogP contribution is -2.30. The average molecular weight is 204 g/mol. The van der Waals surface area contributed by atoms with Crippen molar-refractivity contribution in [1.29, 1.82) is 0 Å². The van der Waals surface area contributed by atoms with Crippen LogP contribution in [0.5, 0.6) is 0 Å². The van der Waals surface area contributed by atoms with E-state index in [-0.39, 0.29) is 0 Å². The summed E-state index contributed by atoms with van der Waals surface area (Å²) in [6, 6.07) is 9.45. The molecule has 0 aromatic heterocycles. The molecule has 2 nitrogen and oxygen atoms in total. The van der Waals surface area contributed by atoms with Gasteiger partial charge in [-0.3, -0.25) is 0 Å². The second-order valence-corrected chi connectivity index (χ2v) is 4.61. The van der Waals surface area contributed by atoms with Gasteiger partial charge in [-0.2, -0.15) is 0 Å². The Labute approximate surface area is 92.3 Å². The number of likely N-dealkylation sites (N-methyl/N-ethyl adjacent to an activating group) is 1. The molecule has 1 fully saturated rings. The Bertz CT molecular complexity index is 305. The van der Waals surface area contributed by atoms with E-state index in [2.05, 4.69) is 48.5 Å². The molecule has 2 rings (SSSR count). The van der Waals surface area contributed by atoms with E-state index in [0.717, 1.165) is 6.54 Å². The van der Waals surface area contributed by atoms with E-state index >= 15 is 0 Å². The van der Waals surface area contributed by atoms with Crippen molar-refractivity contribution in [1.82, 2.24) is 10.2 Å². The zero-order valence-corrected chi connectivity index (χ0v) is 9.66.